The van der Waals surface area contributed by atoms with Crippen molar-refractivity contribution in [2.75, 3.05) is 5.32 Å². The van der Waals surface area contributed by atoms with E-state index < -0.39 is 6.10 Å². The summed E-state index contributed by atoms with van der Waals surface area (Å²) in [6.07, 6.45) is 1.11. The number of carbonyl (C=O) groups is 1. The van der Waals surface area contributed by atoms with E-state index in [9.17, 15) is 4.79 Å². The van der Waals surface area contributed by atoms with Crippen LogP contribution in [0.15, 0.2) is 42.5 Å². The van der Waals surface area contributed by atoms with Crippen LogP contribution in [0.4, 0.5) is 5.69 Å². The summed E-state index contributed by atoms with van der Waals surface area (Å²) in [6, 6.07) is 13.8. The van der Waals surface area contributed by atoms with E-state index in [1.54, 1.807) is 0 Å². The van der Waals surface area contributed by atoms with Gasteiger partial charge in [0.05, 0.1) is 0 Å². The van der Waals surface area contributed by atoms with Crippen molar-refractivity contribution in [3.05, 3.63) is 59.2 Å². The van der Waals surface area contributed by atoms with Crippen LogP contribution in [-0.4, -0.2) is 12.0 Å². The van der Waals surface area contributed by atoms with E-state index in [1.807, 2.05) is 63.2 Å². The van der Waals surface area contributed by atoms with Gasteiger partial charge in [-0.05, 0) is 61.6 Å². The van der Waals surface area contributed by atoms with Crippen LogP contribution in [0.2, 0.25) is 0 Å². The summed E-state index contributed by atoms with van der Waals surface area (Å²) in [5.74, 6) is 0.617. The van der Waals surface area contributed by atoms with Gasteiger partial charge in [0.15, 0.2) is 6.10 Å². The lowest BCUT2D eigenvalue weighted by Gasteiger charge is -2.18. The Balaban J connectivity index is 2.07. The lowest BCUT2D eigenvalue weighted by molar-refractivity contribution is -0.122. The molecule has 2 rings (SSSR count). The van der Waals surface area contributed by atoms with Gasteiger partial charge in [-0.2, -0.15) is 0 Å². The molecule has 2 aromatic carbocycles. The van der Waals surface area contributed by atoms with Crippen molar-refractivity contribution in [1.82, 2.24) is 0 Å². The summed E-state index contributed by atoms with van der Waals surface area (Å²) in [7, 11) is 0. The molecule has 0 spiro atoms. The first-order valence-corrected chi connectivity index (χ1v) is 8.17. The van der Waals surface area contributed by atoms with E-state index in [1.165, 1.54) is 5.56 Å². The molecule has 0 aliphatic heterocycles. The number of hydrogen-bond acceptors (Lipinski definition) is 2. The van der Waals surface area contributed by atoms with Crippen LogP contribution >= 0.6 is 0 Å². The molecule has 0 fully saturated rings. The Hall–Kier alpha value is -2.29. The zero-order valence-corrected chi connectivity index (χ0v) is 14.3. The predicted molar refractivity (Wildman–Crippen MR) is 95.1 cm³/mol. The summed E-state index contributed by atoms with van der Waals surface area (Å²) < 4.78 is 5.86. The molecule has 1 amide bonds. The summed E-state index contributed by atoms with van der Waals surface area (Å²) in [4.78, 5) is 12.5. The van der Waals surface area contributed by atoms with E-state index in [4.69, 9.17) is 4.74 Å². The largest absolute Gasteiger partial charge is 0.481 e. The second-order valence-corrected chi connectivity index (χ2v) is 5.75. The van der Waals surface area contributed by atoms with Crippen LogP contribution in [0.5, 0.6) is 5.75 Å². The van der Waals surface area contributed by atoms with Gasteiger partial charge in [0.25, 0.3) is 5.91 Å². The van der Waals surface area contributed by atoms with Gasteiger partial charge >= 0.3 is 0 Å². The lowest BCUT2D eigenvalue weighted by atomic mass is 10.1. The van der Waals surface area contributed by atoms with Crippen molar-refractivity contribution in [3.63, 3.8) is 0 Å². The highest BCUT2D eigenvalue weighted by molar-refractivity contribution is 5.95. The van der Waals surface area contributed by atoms with E-state index in [2.05, 4.69) is 12.2 Å². The third-order valence-electron chi connectivity index (χ3n) is 4.14. The molecule has 0 aliphatic rings. The maximum Gasteiger partial charge on any atom is 0.265 e. The normalized spacial score (nSPS) is 11.8. The molecule has 3 heteroatoms. The Bertz CT molecular complexity index is 662. The maximum absolute atomic E-state index is 12.5. The molecule has 1 atom stereocenters. The summed E-state index contributed by atoms with van der Waals surface area (Å²) in [5.41, 5.74) is 4.35. The third-order valence-corrected chi connectivity index (χ3v) is 4.14. The minimum Gasteiger partial charge on any atom is -0.481 e. The Morgan fingerprint density at radius 3 is 2.39 bits per heavy atom. The summed E-state index contributed by atoms with van der Waals surface area (Å²) >= 11 is 0. The fourth-order valence-electron chi connectivity index (χ4n) is 2.39. The number of ether oxygens (including phenoxy) is 1. The van der Waals surface area contributed by atoms with E-state index in [-0.39, 0.29) is 5.91 Å². The molecule has 0 saturated carbocycles. The van der Waals surface area contributed by atoms with Gasteiger partial charge in [0.2, 0.25) is 0 Å². The number of anilines is 1. The minimum atomic E-state index is -0.498. The second-order valence-electron chi connectivity index (χ2n) is 5.75. The van der Waals surface area contributed by atoms with Crippen LogP contribution in [0, 0.1) is 13.8 Å². The molecule has 0 aromatic heterocycles. The van der Waals surface area contributed by atoms with Gasteiger partial charge in [-0.3, -0.25) is 4.79 Å². The van der Waals surface area contributed by atoms with Gasteiger partial charge in [0, 0.05) is 5.69 Å². The minimum absolute atomic E-state index is 0.110. The van der Waals surface area contributed by atoms with Crippen molar-refractivity contribution in [1.29, 1.82) is 0 Å². The molecule has 0 bridgehead atoms. The first kappa shape index (κ1) is 17.1. The summed E-state index contributed by atoms with van der Waals surface area (Å²) in [5, 5.41) is 2.98. The molecule has 3 nitrogen and oxygen atoms in total. The Labute approximate surface area is 138 Å². The molecule has 0 aliphatic carbocycles. The average molecular weight is 311 g/mol. The van der Waals surface area contributed by atoms with E-state index in [0.717, 1.165) is 29.0 Å². The highest BCUT2D eigenvalue weighted by Gasteiger charge is 2.19. The topological polar surface area (TPSA) is 38.3 Å². The Morgan fingerprint density at radius 1 is 1.09 bits per heavy atom. The fourth-order valence-corrected chi connectivity index (χ4v) is 2.39. The molecule has 0 unspecified atom stereocenters. The highest BCUT2D eigenvalue weighted by Crippen LogP contribution is 2.20. The number of aryl methyl sites for hydroxylation is 2. The number of carbonyl (C=O) groups excluding carboxylic acids is 1. The quantitative estimate of drug-likeness (QED) is 0.842. The molecule has 23 heavy (non-hydrogen) atoms. The van der Waals surface area contributed by atoms with Gasteiger partial charge in [0.1, 0.15) is 5.75 Å². The van der Waals surface area contributed by atoms with Crippen molar-refractivity contribution < 1.29 is 9.53 Å². The van der Waals surface area contributed by atoms with Gasteiger partial charge in [-0.25, -0.2) is 0 Å². The Morgan fingerprint density at radius 2 is 1.78 bits per heavy atom. The monoisotopic (exact) mass is 311 g/mol. The van der Waals surface area contributed by atoms with Gasteiger partial charge < -0.3 is 10.1 Å². The number of benzene rings is 2. The average Bonchev–Trinajstić information content (AvgIpc) is 2.57. The molecule has 1 N–H and O–H groups in total. The van der Waals surface area contributed by atoms with E-state index in [0.29, 0.717) is 6.42 Å². The Kier molecular flexibility index (Phi) is 5.80. The molecule has 2 aromatic rings. The lowest BCUT2D eigenvalue weighted by Crippen LogP contribution is -2.32. The van der Waals surface area contributed by atoms with Gasteiger partial charge in [-0.1, -0.05) is 38.1 Å². The van der Waals surface area contributed by atoms with Crippen molar-refractivity contribution in [3.8, 4) is 5.75 Å². The van der Waals surface area contributed by atoms with E-state index >= 15 is 0 Å². The maximum atomic E-state index is 12.5. The number of rotatable bonds is 6. The van der Waals surface area contributed by atoms with Crippen LogP contribution in [0.1, 0.15) is 37.0 Å². The highest BCUT2D eigenvalue weighted by atomic mass is 16.5. The molecule has 122 valence electrons. The molecule has 0 heterocycles. The van der Waals surface area contributed by atoms with Gasteiger partial charge in [-0.15, -0.1) is 0 Å². The molecular formula is C20H25NO2. The third kappa shape index (κ3) is 4.35. The van der Waals surface area contributed by atoms with Crippen molar-refractivity contribution in [2.45, 2.75) is 46.6 Å². The standard InChI is InChI=1S/C20H25NO2/c1-5-16-10-12-17(13-11-16)23-19(6-2)20(22)21-18-9-7-8-14(3)15(18)4/h7-13,19H,5-6H2,1-4H3,(H,21,22)/t19-/m0/s1. The number of hydrogen-bond donors (Lipinski definition) is 1. The molecule has 0 saturated heterocycles. The van der Waals surface area contributed by atoms with Crippen molar-refractivity contribution >= 4 is 11.6 Å². The van der Waals surface area contributed by atoms with Crippen LogP contribution in [0.3, 0.4) is 0 Å². The van der Waals surface area contributed by atoms with Crippen LogP contribution in [0.25, 0.3) is 0 Å². The predicted octanol–water partition coefficient (Wildman–Crippen LogP) is 4.66. The smallest absolute Gasteiger partial charge is 0.265 e. The molecular weight excluding hydrogens is 286 g/mol. The summed E-state index contributed by atoms with van der Waals surface area (Å²) in [6.45, 7) is 8.11. The first-order chi connectivity index (χ1) is 11.0. The van der Waals surface area contributed by atoms with Crippen LogP contribution in [-0.2, 0) is 11.2 Å². The fraction of sp³-hybridized carbons (Fsp3) is 0.350. The SMILES string of the molecule is CCc1ccc(O[C@@H](CC)C(=O)Nc2cccc(C)c2C)cc1. The second kappa shape index (κ2) is 7.82. The number of nitrogens with one attached hydrogen (secondary N) is 1. The zero-order chi connectivity index (χ0) is 16.8. The zero-order valence-electron chi connectivity index (χ0n) is 14.3. The van der Waals surface area contributed by atoms with Crippen LogP contribution < -0.4 is 10.1 Å². The van der Waals surface area contributed by atoms with Crippen molar-refractivity contribution in [2.24, 2.45) is 0 Å². The number of amides is 1. The molecule has 0 radical (unpaired) electrons. The first-order valence-electron chi connectivity index (χ1n) is 8.17.